The highest BCUT2D eigenvalue weighted by Crippen LogP contribution is 2.31. The minimum Gasteiger partial charge on any atom is -0.313 e. The topological polar surface area (TPSA) is 52.7 Å². The van der Waals surface area contributed by atoms with Gasteiger partial charge in [0.15, 0.2) is 0 Å². The maximum atomic E-state index is 13.2. The van der Waals surface area contributed by atoms with E-state index in [-0.39, 0.29) is 12.1 Å². The van der Waals surface area contributed by atoms with E-state index in [2.05, 4.69) is 5.32 Å². The Morgan fingerprint density at radius 1 is 1.22 bits per heavy atom. The van der Waals surface area contributed by atoms with E-state index in [1.54, 1.807) is 8.61 Å². The molecular formula is C16H24ClN3O2S. The molecule has 128 valence electrons. The summed E-state index contributed by atoms with van der Waals surface area (Å²) in [6, 6.07) is 7.37. The van der Waals surface area contributed by atoms with Crippen LogP contribution in [0.25, 0.3) is 0 Å². The molecule has 2 aliphatic rings. The van der Waals surface area contributed by atoms with Gasteiger partial charge < -0.3 is 5.32 Å². The molecule has 1 aromatic carbocycles. The van der Waals surface area contributed by atoms with Gasteiger partial charge >= 0.3 is 0 Å². The quantitative estimate of drug-likeness (QED) is 0.903. The van der Waals surface area contributed by atoms with Crippen molar-refractivity contribution in [3.05, 3.63) is 34.9 Å². The zero-order chi connectivity index (χ0) is 16.4. The van der Waals surface area contributed by atoms with Gasteiger partial charge in [-0.1, -0.05) is 30.2 Å². The van der Waals surface area contributed by atoms with E-state index < -0.39 is 10.2 Å². The summed E-state index contributed by atoms with van der Waals surface area (Å²) in [5, 5.41) is 3.94. The van der Waals surface area contributed by atoms with Crippen LogP contribution in [0.2, 0.25) is 5.02 Å². The number of hydrogen-bond donors (Lipinski definition) is 1. The van der Waals surface area contributed by atoms with Crippen molar-refractivity contribution < 1.29 is 8.42 Å². The molecule has 2 atom stereocenters. The van der Waals surface area contributed by atoms with E-state index in [9.17, 15) is 8.42 Å². The lowest BCUT2D eigenvalue weighted by molar-refractivity contribution is 0.210. The molecule has 1 aromatic rings. The fourth-order valence-corrected chi connectivity index (χ4v) is 5.74. The Morgan fingerprint density at radius 3 is 2.78 bits per heavy atom. The Kier molecular flexibility index (Phi) is 5.28. The lowest BCUT2D eigenvalue weighted by atomic mass is 10.1. The van der Waals surface area contributed by atoms with Gasteiger partial charge in [0.05, 0.1) is 6.04 Å². The van der Waals surface area contributed by atoms with E-state index in [0.717, 1.165) is 24.8 Å². The van der Waals surface area contributed by atoms with Crippen LogP contribution in [0.4, 0.5) is 0 Å². The van der Waals surface area contributed by atoms with Crippen LogP contribution in [0.1, 0.15) is 37.8 Å². The van der Waals surface area contributed by atoms with Crippen molar-refractivity contribution in [2.45, 2.75) is 38.3 Å². The number of hydrogen-bond acceptors (Lipinski definition) is 3. The van der Waals surface area contributed by atoms with Crippen molar-refractivity contribution in [1.82, 2.24) is 13.9 Å². The molecule has 23 heavy (non-hydrogen) atoms. The summed E-state index contributed by atoms with van der Waals surface area (Å²) in [6.45, 7) is 4.41. The first kappa shape index (κ1) is 17.2. The molecule has 0 aromatic heterocycles. The molecule has 2 aliphatic heterocycles. The summed E-state index contributed by atoms with van der Waals surface area (Å²) in [6.07, 6.45) is 2.98. The molecule has 0 aliphatic carbocycles. The van der Waals surface area contributed by atoms with Gasteiger partial charge in [-0.05, 0) is 37.5 Å². The zero-order valence-electron chi connectivity index (χ0n) is 13.4. The molecule has 3 rings (SSSR count). The summed E-state index contributed by atoms with van der Waals surface area (Å²) < 4.78 is 29.8. The Hall–Kier alpha value is -0.660. The Balaban J connectivity index is 1.91. The van der Waals surface area contributed by atoms with Crippen LogP contribution < -0.4 is 5.32 Å². The van der Waals surface area contributed by atoms with Crippen molar-refractivity contribution in [1.29, 1.82) is 0 Å². The molecule has 2 heterocycles. The van der Waals surface area contributed by atoms with Crippen molar-refractivity contribution >= 4 is 21.8 Å². The standard InChI is InChI=1S/C16H24ClN3O2S/c1-13-5-2-3-9-19(13)23(21,22)20-10-8-18-12-16(20)14-6-4-7-15(17)11-14/h4,6-7,11,13,16,18H,2-3,5,8-10,12H2,1H3. The minimum absolute atomic E-state index is 0.0728. The Bertz CT molecular complexity index is 652. The lowest BCUT2D eigenvalue weighted by Crippen LogP contribution is -2.55. The van der Waals surface area contributed by atoms with Gasteiger partial charge in [-0.25, -0.2) is 0 Å². The van der Waals surface area contributed by atoms with E-state index in [0.29, 0.717) is 31.2 Å². The maximum absolute atomic E-state index is 13.2. The SMILES string of the molecule is CC1CCCCN1S(=O)(=O)N1CCNCC1c1cccc(Cl)c1. The van der Waals surface area contributed by atoms with E-state index in [1.165, 1.54) is 0 Å². The number of piperazine rings is 1. The zero-order valence-corrected chi connectivity index (χ0v) is 15.0. The van der Waals surface area contributed by atoms with Gasteiger partial charge in [0.2, 0.25) is 0 Å². The normalized spacial score (nSPS) is 27.9. The van der Waals surface area contributed by atoms with Crippen LogP contribution in [0.3, 0.4) is 0 Å². The average Bonchev–Trinajstić information content (AvgIpc) is 2.55. The molecule has 5 nitrogen and oxygen atoms in total. The van der Waals surface area contributed by atoms with Crippen LogP contribution in [-0.4, -0.2) is 49.2 Å². The minimum atomic E-state index is -3.46. The molecule has 2 fully saturated rings. The van der Waals surface area contributed by atoms with Crippen molar-refractivity contribution in [3.63, 3.8) is 0 Å². The summed E-state index contributed by atoms with van der Waals surface area (Å²) in [7, 11) is -3.46. The first-order valence-corrected chi connectivity index (χ1v) is 10.0. The van der Waals surface area contributed by atoms with Crippen molar-refractivity contribution in [2.24, 2.45) is 0 Å². The van der Waals surface area contributed by atoms with Gasteiger partial charge in [0.25, 0.3) is 10.2 Å². The van der Waals surface area contributed by atoms with Gasteiger partial charge in [0, 0.05) is 37.2 Å². The van der Waals surface area contributed by atoms with Crippen LogP contribution >= 0.6 is 11.6 Å². The predicted octanol–water partition coefficient (Wildman–Crippen LogP) is 2.41. The molecule has 2 saturated heterocycles. The van der Waals surface area contributed by atoms with Gasteiger partial charge in [-0.15, -0.1) is 0 Å². The molecule has 7 heteroatoms. The van der Waals surface area contributed by atoms with Crippen molar-refractivity contribution in [2.75, 3.05) is 26.2 Å². The third-order valence-corrected chi connectivity index (χ3v) is 7.16. The second-order valence-electron chi connectivity index (χ2n) is 6.35. The van der Waals surface area contributed by atoms with Crippen LogP contribution in [-0.2, 0) is 10.2 Å². The summed E-state index contributed by atoms with van der Waals surface area (Å²) in [4.78, 5) is 0. The number of nitrogens with zero attached hydrogens (tertiary/aromatic N) is 2. The lowest BCUT2D eigenvalue weighted by Gasteiger charge is -2.41. The Labute approximate surface area is 143 Å². The van der Waals surface area contributed by atoms with E-state index >= 15 is 0 Å². The van der Waals surface area contributed by atoms with Crippen LogP contribution in [0.5, 0.6) is 0 Å². The van der Waals surface area contributed by atoms with Gasteiger partial charge in [-0.3, -0.25) is 0 Å². The van der Waals surface area contributed by atoms with E-state index in [4.69, 9.17) is 11.6 Å². The number of rotatable bonds is 3. The highest BCUT2D eigenvalue weighted by molar-refractivity contribution is 7.86. The number of halogens is 1. The highest BCUT2D eigenvalue weighted by atomic mass is 35.5. The molecule has 0 saturated carbocycles. The first-order valence-electron chi connectivity index (χ1n) is 8.25. The Morgan fingerprint density at radius 2 is 2.04 bits per heavy atom. The number of piperidine rings is 1. The van der Waals surface area contributed by atoms with Gasteiger partial charge in [0.1, 0.15) is 0 Å². The fraction of sp³-hybridized carbons (Fsp3) is 0.625. The molecular weight excluding hydrogens is 334 g/mol. The second kappa shape index (κ2) is 7.07. The third kappa shape index (κ3) is 3.56. The van der Waals surface area contributed by atoms with E-state index in [1.807, 2.05) is 31.2 Å². The number of benzene rings is 1. The molecule has 0 amide bonds. The smallest absolute Gasteiger partial charge is 0.282 e. The first-order chi connectivity index (χ1) is 11.0. The molecule has 0 radical (unpaired) electrons. The fourth-order valence-electron chi connectivity index (χ4n) is 3.51. The van der Waals surface area contributed by atoms with Crippen LogP contribution in [0.15, 0.2) is 24.3 Å². The average molecular weight is 358 g/mol. The third-order valence-electron chi connectivity index (χ3n) is 4.76. The maximum Gasteiger partial charge on any atom is 0.282 e. The molecule has 0 bridgehead atoms. The van der Waals surface area contributed by atoms with Crippen molar-refractivity contribution in [3.8, 4) is 0 Å². The largest absolute Gasteiger partial charge is 0.313 e. The molecule has 0 spiro atoms. The second-order valence-corrected chi connectivity index (χ2v) is 8.62. The van der Waals surface area contributed by atoms with Crippen LogP contribution in [0, 0.1) is 0 Å². The number of nitrogens with one attached hydrogen (secondary N) is 1. The molecule has 2 unspecified atom stereocenters. The predicted molar refractivity (Wildman–Crippen MR) is 92.7 cm³/mol. The monoisotopic (exact) mass is 357 g/mol. The summed E-state index contributed by atoms with van der Waals surface area (Å²) in [5.74, 6) is 0. The highest BCUT2D eigenvalue weighted by Gasteiger charge is 2.39. The summed E-state index contributed by atoms with van der Waals surface area (Å²) in [5.41, 5.74) is 0.943. The summed E-state index contributed by atoms with van der Waals surface area (Å²) >= 11 is 6.10. The van der Waals surface area contributed by atoms with Gasteiger partial charge in [-0.2, -0.15) is 17.0 Å². The molecule has 1 N–H and O–H groups in total.